The SMILES string of the molecule is C[Si](C)(C)Oc1c2cccc1Cc1cccc(c1[OH2+])Cc1cccc(c1[O][Ge])Cc1cccc(c1O[Si](C)(C)C)Cc1cccc(c1O)C2.C[Si](C)(C)Oc1c2cccc1Cc1cccc(c1[OH2+])Cc1cccc(c1[O][Ge])Cc1cccc(c1O[Si](C)(C)C)Cc1cccc(c1O)C2.Cc1ccccc1.Cc1ccccc1.Cc1ccccc1.Cc1ccccc1. The summed E-state index contributed by atoms with van der Waals surface area (Å²) in [4.78, 5) is 0. The van der Waals surface area contributed by atoms with Gasteiger partial charge < -0.3 is 0 Å². The van der Waals surface area contributed by atoms with Gasteiger partial charge in [0.05, 0.1) is 0 Å². The standard InChI is InChI=1S/2C41H45GeO5Si2.4C7H8/c2*1-48(2,3)46-40-33-18-10-19-34(40)24-29-14-8-15-30(38(29)44)25-35-20-11-21-36(41(35)47-49(4,5)6)26-32-17-9-16-31(39(32)45-42)22-27-12-7-13-28(23-33)37(27)43;4*1-7-5-3-2-4-6-7/h2*7-21,43-44H,22-26H2,1-6H3;4*2-6H,1H3/p+2. The van der Waals surface area contributed by atoms with E-state index in [1.807, 2.05) is 109 Å². The fraction of sp³-hybridized carbons (Fsp3) is 0.236. The quantitative estimate of drug-likeness (QED) is 0.102. The number of benzene rings is 14. The Morgan fingerprint density at radius 3 is 0.476 bits per heavy atom. The van der Waals surface area contributed by atoms with E-state index >= 15 is 0 Å². The Balaban J connectivity index is 0.000000186. The zero-order valence-corrected chi connectivity index (χ0v) is 84.5. The van der Waals surface area contributed by atoms with Crippen molar-refractivity contribution in [2.24, 2.45) is 0 Å². The molecule has 0 atom stereocenters. The summed E-state index contributed by atoms with van der Waals surface area (Å²) in [5.41, 5.74) is 25.3. The maximum absolute atomic E-state index is 11.8. The normalized spacial score (nSPS) is 12.3. The zero-order valence-electron chi connectivity index (χ0n) is 76.3. The summed E-state index contributed by atoms with van der Waals surface area (Å²) in [6.07, 6.45) is 5.78. The third kappa shape index (κ3) is 28.0. The number of hydrogen-bond donors (Lipinski definition) is 2. The maximum atomic E-state index is 11.8. The molecule has 2 aliphatic carbocycles. The molecule has 0 aliphatic heterocycles. The van der Waals surface area contributed by atoms with Gasteiger partial charge in [-0.25, -0.2) is 0 Å². The third-order valence-corrected chi connectivity index (χ3v) is 25.5. The van der Waals surface area contributed by atoms with Crippen LogP contribution >= 0.6 is 0 Å². The van der Waals surface area contributed by atoms with E-state index in [4.69, 9.17) is 25.2 Å². The minimum Gasteiger partial charge on any atom is -0.0622 e. The third-order valence-electron chi connectivity index (χ3n) is 21.4. The van der Waals surface area contributed by atoms with Crippen LogP contribution in [0.3, 0.4) is 0 Å². The summed E-state index contributed by atoms with van der Waals surface area (Å²) in [6.45, 7) is 34.7. The van der Waals surface area contributed by atoms with Crippen LogP contribution in [0.1, 0.15) is 134 Å². The van der Waals surface area contributed by atoms with E-state index in [0.717, 1.165) is 146 Å². The number of fused-ring (bicyclic) bond motifs is 20. The van der Waals surface area contributed by atoms with Gasteiger partial charge in [-0.2, -0.15) is 0 Å². The molecule has 0 aromatic heterocycles. The van der Waals surface area contributed by atoms with Gasteiger partial charge in [-0.1, -0.05) is 144 Å². The molecule has 0 fully saturated rings. The van der Waals surface area contributed by atoms with Crippen LogP contribution in [0.2, 0.25) is 78.6 Å². The first-order valence-electron chi connectivity index (χ1n) is 43.6. The fourth-order valence-electron chi connectivity index (χ4n) is 15.5. The Hall–Kier alpha value is -11.0. The number of para-hydroxylation sites is 10. The van der Waals surface area contributed by atoms with Gasteiger partial charge in [0.1, 0.15) is 0 Å². The predicted molar refractivity (Wildman–Crippen MR) is 535 cm³/mol. The van der Waals surface area contributed by atoms with Gasteiger partial charge in [-0.15, -0.1) is 0 Å². The molecule has 0 amide bonds. The summed E-state index contributed by atoms with van der Waals surface area (Å²) >= 11 is 3.47. The smallest absolute Gasteiger partial charge is 0.0622 e. The number of aryl methyl sites for hydroxylation is 4. The summed E-state index contributed by atoms with van der Waals surface area (Å²) in [7, 11) is -8.06. The average Bonchev–Trinajstić information content (AvgIpc) is 0.792. The van der Waals surface area contributed by atoms with E-state index < -0.39 is 33.3 Å². The molecular formula is C110H124Ge2O10Si4+2. The second kappa shape index (κ2) is 44.5. The average molecular weight is 1860 g/mol. The molecule has 0 heterocycles. The molecule has 6 radical (unpaired) electrons. The van der Waals surface area contributed by atoms with Gasteiger partial charge in [0.25, 0.3) is 0 Å². The van der Waals surface area contributed by atoms with Crippen LogP contribution in [0, 0.1) is 27.7 Å². The number of phenolic OH excluding ortho intramolecular Hbond substituents is 2. The van der Waals surface area contributed by atoms with Gasteiger partial charge in [-0.05, 0) is 67.0 Å². The predicted octanol–water partition coefficient (Wildman–Crippen LogP) is 26.0. The van der Waals surface area contributed by atoms with Crippen LogP contribution in [0.5, 0.6) is 57.5 Å². The van der Waals surface area contributed by atoms with E-state index in [1.165, 1.54) is 22.3 Å². The van der Waals surface area contributed by atoms with E-state index in [-0.39, 0.29) is 0 Å². The molecule has 646 valence electrons. The van der Waals surface area contributed by atoms with Crippen molar-refractivity contribution in [2.45, 2.75) is 170 Å². The van der Waals surface area contributed by atoms with Crippen LogP contribution in [0.15, 0.2) is 303 Å². The van der Waals surface area contributed by atoms with Gasteiger partial charge in [0, 0.05) is 0 Å². The Labute approximate surface area is 771 Å². The van der Waals surface area contributed by atoms with E-state index in [9.17, 15) is 20.4 Å². The number of rotatable bonds is 10. The molecule has 0 spiro atoms. The van der Waals surface area contributed by atoms with Gasteiger partial charge in [-0.3, -0.25) is 0 Å². The Morgan fingerprint density at radius 1 is 0.198 bits per heavy atom. The molecule has 0 unspecified atom stereocenters. The zero-order chi connectivity index (χ0) is 90.3. The summed E-state index contributed by atoms with van der Waals surface area (Å²) in [5.74, 6) is 6.92. The summed E-state index contributed by atoms with van der Waals surface area (Å²) < 4.78 is 39.6. The molecule has 6 N–H and O–H groups in total. The van der Waals surface area contributed by atoms with Crippen molar-refractivity contribution in [3.05, 3.63) is 437 Å². The Morgan fingerprint density at radius 2 is 0.333 bits per heavy atom. The minimum atomic E-state index is -2.02. The summed E-state index contributed by atoms with van der Waals surface area (Å²) in [6, 6.07) is 103. The van der Waals surface area contributed by atoms with Crippen molar-refractivity contribution >= 4 is 67.0 Å². The van der Waals surface area contributed by atoms with Crippen molar-refractivity contribution in [1.82, 2.24) is 0 Å². The number of phenols is 2. The second-order valence-corrected chi connectivity index (χ2v) is 55.2. The molecular weight excluding hydrogens is 1740 g/mol. The number of aromatic hydroxyl groups is 2. The Bertz CT molecular complexity index is 5490. The van der Waals surface area contributed by atoms with Crippen molar-refractivity contribution in [2.75, 3.05) is 0 Å². The Kier molecular flexibility index (Phi) is 33.8. The molecule has 14 aromatic carbocycles. The topological polar surface area (TPSA) is 142 Å². The van der Waals surface area contributed by atoms with Crippen molar-refractivity contribution in [3.63, 3.8) is 0 Å². The van der Waals surface area contributed by atoms with Crippen molar-refractivity contribution < 1.29 is 45.7 Å². The molecule has 126 heavy (non-hydrogen) atoms. The molecule has 16 heteroatoms. The van der Waals surface area contributed by atoms with E-state index in [1.54, 1.807) is 33.7 Å². The molecule has 0 saturated heterocycles. The van der Waals surface area contributed by atoms with Gasteiger partial charge in [0.15, 0.2) is 0 Å². The first kappa shape index (κ1) is 95.7. The first-order valence-corrected chi connectivity index (χ1v) is 58.9. The molecule has 20 bridgehead atoms. The monoisotopic (exact) mass is 1860 g/mol. The van der Waals surface area contributed by atoms with Crippen LogP contribution in [-0.4, -0.2) is 87.4 Å². The number of hydrogen-bond acceptors (Lipinski definition) is 8. The molecule has 0 saturated carbocycles. The first-order chi connectivity index (χ1) is 60.2. The molecule has 16 rings (SSSR count). The minimum absolute atomic E-state index is 0.307. The van der Waals surface area contributed by atoms with Crippen LogP contribution in [0.4, 0.5) is 0 Å². The molecule has 2 aliphatic rings. The van der Waals surface area contributed by atoms with Crippen molar-refractivity contribution in [3.8, 4) is 57.5 Å². The summed E-state index contributed by atoms with van der Waals surface area (Å²) in [5, 5.41) is 42.3. The van der Waals surface area contributed by atoms with Crippen LogP contribution < -0.4 is 25.2 Å². The van der Waals surface area contributed by atoms with Gasteiger partial charge in [0.2, 0.25) is 0 Å². The van der Waals surface area contributed by atoms with Crippen LogP contribution in [-0.2, 0) is 64.2 Å². The molecule has 14 aromatic rings. The molecule has 10 nitrogen and oxygen atoms in total. The second-order valence-electron chi connectivity index (χ2n) is 36.6. The van der Waals surface area contributed by atoms with Crippen LogP contribution in [0.25, 0.3) is 0 Å². The van der Waals surface area contributed by atoms with E-state index in [2.05, 4.69) is 300 Å². The van der Waals surface area contributed by atoms with Crippen molar-refractivity contribution in [1.29, 1.82) is 0 Å². The van der Waals surface area contributed by atoms with Gasteiger partial charge >= 0.3 is 567 Å². The fourth-order valence-corrected chi connectivity index (χ4v) is 20.1. The van der Waals surface area contributed by atoms with E-state index in [0.29, 0.717) is 87.2 Å².